The Morgan fingerprint density at radius 1 is 1.07 bits per heavy atom. The van der Waals surface area contributed by atoms with Crippen molar-refractivity contribution in [3.63, 3.8) is 0 Å². The lowest BCUT2D eigenvalue weighted by Crippen LogP contribution is -2.17. The molecule has 0 unspecified atom stereocenters. The summed E-state index contributed by atoms with van der Waals surface area (Å²) in [4.78, 5) is 25.8. The first kappa shape index (κ1) is 21.4. The molecule has 0 aliphatic carbocycles. The maximum Gasteiger partial charge on any atom is 0.252 e. The molecule has 3 rings (SSSR count). The Morgan fingerprint density at radius 3 is 2.43 bits per heavy atom. The van der Waals surface area contributed by atoms with Crippen LogP contribution in [0.5, 0.6) is 11.5 Å². The van der Waals surface area contributed by atoms with E-state index in [4.69, 9.17) is 15.2 Å². The fraction of sp³-hybridized carbons (Fsp3) is 0.217. The Labute approximate surface area is 179 Å². The Hall–Kier alpha value is -3.32. The highest BCUT2D eigenvalue weighted by molar-refractivity contribution is 7.17. The Kier molecular flexibility index (Phi) is 6.74. The lowest BCUT2D eigenvalue weighted by atomic mass is 10.0. The zero-order valence-corrected chi connectivity index (χ0v) is 18.0. The molecule has 2 aromatic carbocycles. The molecule has 1 aromatic heterocycles. The van der Waals surface area contributed by atoms with Crippen molar-refractivity contribution >= 4 is 28.2 Å². The third-order valence-corrected chi connectivity index (χ3v) is 5.78. The van der Waals surface area contributed by atoms with Gasteiger partial charge in [-0.2, -0.15) is 0 Å². The van der Waals surface area contributed by atoms with Crippen molar-refractivity contribution in [3.8, 4) is 22.6 Å². The van der Waals surface area contributed by atoms with Crippen LogP contribution < -0.4 is 20.5 Å². The standard InChI is InChI=1S/C23H24N2O4S/c1-14-20(15-7-5-4-6-8-15)21(22(24)27)23(30-14)25-19(26)12-9-16-13-17(28-2)10-11-18(16)29-3/h4-8,10-11,13H,9,12H2,1-3H3,(H2,24,27)(H,25,26). The number of methoxy groups -OCH3 is 2. The lowest BCUT2D eigenvalue weighted by molar-refractivity contribution is -0.116. The van der Waals surface area contributed by atoms with Crippen LogP contribution in [0, 0.1) is 6.92 Å². The molecule has 3 N–H and O–H groups in total. The van der Waals surface area contributed by atoms with Crippen LogP contribution in [-0.2, 0) is 11.2 Å². The highest BCUT2D eigenvalue weighted by Gasteiger charge is 2.22. The normalized spacial score (nSPS) is 10.5. The summed E-state index contributed by atoms with van der Waals surface area (Å²) in [6.07, 6.45) is 0.688. The quantitative estimate of drug-likeness (QED) is 0.560. The number of benzene rings is 2. The summed E-state index contributed by atoms with van der Waals surface area (Å²) in [7, 11) is 3.18. The van der Waals surface area contributed by atoms with Gasteiger partial charge in [-0.3, -0.25) is 9.59 Å². The van der Waals surface area contributed by atoms with E-state index in [0.29, 0.717) is 28.5 Å². The molecule has 0 fully saturated rings. The van der Waals surface area contributed by atoms with Gasteiger partial charge in [0.15, 0.2) is 0 Å². The minimum absolute atomic E-state index is 0.205. The van der Waals surface area contributed by atoms with Crippen molar-refractivity contribution in [1.82, 2.24) is 0 Å². The lowest BCUT2D eigenvalue weighted by Gasteiger charge is -2.11. The number of thiophene rings is 1. The molecule has 1 heterocycles. The summed E-state index contributed by atoms with van der Waals surface area (Å²) in [6, 6.07) is 15.0. The number of hydrogen-bond acceptors (Lipinski definition) is 5. The van der Waals surface area contributed by atoms with Crippen molar-refractivity contribution in [3.05, 3.63) is 64.5 Å². The maximum absolute atomic E-state index is 12.6. The van der Waals surface area contributed by atoms with Crippen LogP contribution >= 0.6 is 11.3 Å². The number of hydrogen-bond donors (Lipinski definition) is 2. The fourth-order valence-corrected chi connectivity index (χ4v) is 4.43. The number of aryl methyl sites for hydroxylation is 2. The Bertz CT molecular complexity index is 1060. The molecule has 6 nitrogen and oxygen atoms in total. The molecule has 0 aliphatic rings. The van der Waals surface area contributed by atoms with Crippen molar-refractivity contribution in [1.29, 1.82) is 0 Å². The zero-order valence-electron chi connectivity index (χ0n) is 17.2. The predicted molar refractivity (Wildman–Crippen MR) is 120 cm³/mol. The van der Waals surface area contributed by atoms with E-state index < -0.39 is 5.91 Å². The first-order chi connectivity index (χ1) is 14.4. The summed E-state index contributed by atoms with van der Waals surface area (Å²) >= 11 is 1.35. The van der Waals surface area contributed by atoms with Crippen LogP contribution in [0.15, 0.2) is 48.5 Å². The van der Waals surface area contributed by atoms with Gasteiger partial charge in [0.1, 0.15) is 16.5 Å². The van der Waals surface area contributed by atoms with Gasteiger partial charge in [0.25, 0.3) is 5.91 Å². The number of anilines is 1. The molecule has 0 atom stereocenters. The van der Waals surface area contributed by atoms with Gasteiger partial charge in [-0.1, -0.05) is 30.3 Å². The average Bonchev–Trinajstić information content (AvgIpc) is 3.08. The Balaban J connectivity index is 1.80. The zero-order chi connectivity index (χ0) is 21.7. The second kappa shape index (κ2) is 9.45. The largest absolute Gasteiger partial charge is 0.497 e. The monoisotopic (exact) mass is 424 g/mol. The number of carbonyl (C=O) groups excluding carboxylic acids is 2. The van der Waals surface area contributed by atoms with Crippen LogP contribution in [-0.4, -0.2) is 26.0 Å². The van der Waals surface area contributed by atoms with Crippen molar-refractivity contribution < 1.29 is 19.1 Å². The molecule has 0 spiro atoms. The van der Waals surface area contributed by atoms with Gasteiger partial charge in [-0.15, -0.1) is 11.3 Å². The highest BCUT2D eigenvalue weighted by atomic mass is 32.1. The molecule has 7 heteroatoms. The van der Waals surface area contributed by atoms with E-state index in [0.717, 1.165) is 21.6 Å². The number of nitrogens with one attached hydrogen (secondary N) is 1. The molecule has 0 saturated heterocycles. The minimum Gasteiger partial charge on any atom is -0.497 e. The molecule has 0 saturated carbocycles. The van der Waals surface area contributed by atoms with Gasteiger partial charge >= 0.3 is 0 Å². The first-order valence-electron chi connectivity index (χ1n) is 9.44. The number of ether oxygens (including phenoxy) is 2. The molecule has 156 valence electrons. The summed E-state index contributed by atoms with van der Waals surface area (Å²) < 4.78 is 10.6. The van der Waals surface area contributed by atoms with Crippen LogP contribution in [0.3, 0.4) is 0 Å². The van der Waals surface area contributed by atoms with Crippen LogP contribution in [0.25, 0.3) is 11.1 Å². The van der Waals surface area contributed by atoms with Crippen molar-refractivity contribution in [2.75, 3.05) is 19.5 Å². The topological polar surface area (TPSA) is 90.7 Å². The summed E-state index contributed by atoms with van der Waals surface area (Å²) in [6.45, 7) is 1.91. The van der Waals surface area contributed by atoms with Gasteiger partial charge in [0, 0.05) is 16.9 Å². The first-order valence-corrected chi connectivity index (χ1v) is 10.3. The molecular weight excluding hydrogens is 400 g/mol. The summed E-state index contributed by atoms with van der Waals surface area (Å²) in [5, 5.41) is 3.34. The van der Waals surface area contributed by atoms with Crippen LogP contribution in [0.2, 0.25) is 0 Å². The van der Waals surface area contributed by atoms with E-state index in [9.17, 15) is 9.59 Å². The molecule has 2 amide bonds. The average molecular weight is 425 g/mol. The van der Waals surface area contributed by atoms with E-state index in [1.807, 2.05) is 49.4 Å². The molecule has 30 heavy (non-hydrogen) atoms. The SMILES string of the molecule is COc1ccc(OC)c(CCC(=O)Nc2sc(C)c(-c3ccccc3)c2C(N)=O)c1. The second-order valence-electron chi connectivity index (χ2n) is 6.69. The van der Waals surface area contributed by atoms with Gasteiger partial charge in [0.05, 0.1) is 19.8 Å². The van der Waals surface area contributed by atoms with E-state index in [-0.39, 0.29) is 12.3 Å². The number of primary amides is 1. The third kappa shape index (κ3) is 4.63. The molecule has 3 aromatic rings. The van der Waals surface area contributed by atoms with Crippen molar-refractivity contribution in [2.24, 2.45) is 5.73 Å². The molecule has 0 bridgehead atoms. The predicted octanol–water partition coefficient (Wildman–Crippen LogP) is 4.41. The second-order valence-corrected chi connectivity index (χ2v) is 7.92. The molecule has 0 radical (unpaired) electrons. The van der Waals surface area contributed by atoms with Gasteiger partial charge in [-0.05, 0) is 42.7 Å². The summed E-state index contributed by atoms with van der Waals surface area (Å²) in [5.41, 5.74) is 8.53. The van der Waals surface area contributed by atoms with E-state index in [1.165, 1.54) is 11.3 Å². The number of carbonyl (C=O) groups is 2. The van der Waals surface area contributed by atoms with E-state index in [1.54, 1.807) is 20.3 Å². The third-order valence-electron chi connectivity index (χ3n) is 4.76. The van der Waals surface area contributed by atoms with Crippen LogP contribution in [0.4, 0.5) is 5.00 Å². The van der Waals surface area contributed by atoms with Crippen LogP contribution in [0.1, 0.15) is 27.2 Å². The van der Waals surface area contributed by atoms with Gasteiger partial charge in [0.2, 0.25) is 5.91 Å². The number of amides is 2. The smallest absolute Gasteiger partial charge is 0.252 e. The van der Waals surface area contributed by atoms with E-state index in [2.05, 4.69) is 5.32 Å². The van der Waals surface area contributed by atoms with Gasteiger partial charge in [-0.25, -0.2) is 0 Å². The highest BCUT2D eigenvalue weighted by Crippen LogP contribution is 2.39. The fourth-order valence-electron chi connectivity index (χ4n) is 3.33. The summed E-state index contributed by atoms with van der Waals surface area (Å²) in [5.74, 6) is 0.620. The maximum atomic E-state index is 12.6. The van der Waals surface area contributed by atoms with E-state index >= 15 is 0 Å². The minimum atomic E-state index is -0.567. The Morgan fingerprint density at radius 2 is 1.80 bits per heavy atom. The van der Waals surface area contributed by atoms with Crippen molar-refractivity contribution in [2.45, 2.75) is 19.8 Å². The molecular formula is C23H24N2O4S. The number of rotatable bonds is 8. The number of nitrogens with two attached hydrogens (primary N) is 1. The molecule has 0 aliphatic heterocycles. The van der Waals surface area contributed by atoms with Gasteiger partial charge < -0.3 is 20.5 Å².